The molecule has 0 spiro atoms. The van der Waals surface area contributed by atoms with Crippen LogP contribution in [-0.4, -0.2) is 4.57 Å². The molecule has 1 unspecified atom stereocenters. The van der Waals surface area contributed by atoms with Crippen molar-refractivity contribution in [1.82, 2.24) is 4.57 Å². The number of nitrogens with zero attached hydrogens (tertiary/aromatic N) is 1. The highest BCUT2D eigenvalue weighted by Gasteiger charge is 1.95. The standard InChI is InChI=1S/C14H26NP/c1-2-3-4-5-6-7-8-9-12-15-13-10-11-14(15)16/h10-11,13H,2-9,12,16H2,1H3. The molecule has 92 valence electrons. The van der Waals surface area contributed by atoms with Gasteiger partial charge in [-0.25, -0.2) is 0 Å². The second-order valence-corrected chi connectivity index (χ2v) is 5.19. The average Bonchev–Trinajstić information content (AvgIpc) is 2.68. The lowest BCUT2D eigenvalue weighted by Gasteiger charge is -2.05. The first-order chi connectivity index (χ1) is 7.84. The van der Waals surface area contributed by atoms with Crippen LogP contribution in [0.2, 0.25) is 0 Å². The van der Waals surface area contributed by atoms with Crippen LogP contribution in [0.4, 0.5) is 0 Å². The molecule has 1 aromatic heterocycles. The first-order valence-corrected chi connectivity index (χ1v) is 7.33. The van der Waals surface area contributed by atoms with Gasteiger partial charge in [0.1, 0.15) is 0 Å². The molecular formula is C14H26NP. The summed E-state index contributed by atoms with van der Waals surface area (Å²) in [6.45, 7) is 3.46. The molecule has 2 heteroatoms. The van der Waals surface area contributed by atoms with Crippen molar-refractivity contribution in [3.8, 4) is 0 Å². The highest BCUT2D eigenvalue weighted by atomic mass is 31.0. The van der Waals surface area contributed by atoms with Gasteiger partial charge in [-0.1, -0.05) is 61.1 Å². The monoisotopic (exact) mass is 239 g/mol. The molecule has 0 radical (unpaired) electrons. The molecule has 16 heavy (non-hydrogen) atoms. The second kappa shape index (κ2) is 8.82. The minimum atomic E-state index is 1.18. The van der Waals surface area contributed by atoms with Crippen LogP contribution < -0.4 is 5.44 Å². The molecule has 1 rings (SSSR count). The minimum Gasteiger partial charge on any atom is -0.348 e. The van der Waals surface area contributed by atoms with E-state index in [2.05, 4.69) is 39.1 Å². The number of aryl methyl sites for hydroxylation is 1. The number of aromatic nitrogens is 1. The molecule has 0 aliphatic rings. The molecule has 0 saturated heterocycles. The molecule has 0 N–H and O–H groups in total. The van der Waals surface area contributed by atoms with Gasteiger partial charge in [0, 0.05) is 18.2 Å². The Morgan fingerprint density at radius 2 is 1.62 bits per heavy atom. The number of hydrogen-bond acceptors (Lipinski definition) is 0. The molecule has 0 amide bonds. The highest BCUT2D eigenvalue weighted by molar-refractivity contribution is 7.27. The molecule has 1 aromatic rings. The summed E-state index contributed by atoms with van der Waals surface area (Å²) in [5, 5.41) is 0. The lowest BCUT2D eigenvalue weighted by atomic mass is 10.1. The summed E-state index contributed by atoms with van der Waals surface area (Å²) in [5.74, 6) is 0. The van der Waals surface area contributed by atoms with Gasteiger partial charge < -0.3 is 4.57 Å². The Morgan fingerprint density at radius 1 is 1.00 bits per heavy atom. The summed E-state index contributed by atoms with van der Waals surface area (Å²) in [4.78, 5) is 0. The molecule has 0 aromatic carbocycles. The van der Waals surface area contributed by atoms with E-state index in [9.17, 15) is 0 Å². The van der Waals surface area contributed by atoms with Gasteiger partial charge in [0.15, 0.2) is 0 Å². The Labute approximate surface area is 103 Å². The molecule has 1 nitrogen and oxygen atoms in total. The van der Waals surface area contributed by atoms with Gasteiger partial charge in [-0.05, 0) is 18.6 Å². The van der Waals surface area contributed by atoms with Crippen LogP contribution in [0, 0.1) is 0 Å². The Balaban J connectivity index is 1.91. The quantitative estimate of drug-likeness (QED) is 0.451. The van der Waals surface area contributed by atoms with E-state index in [0.29, 0.717) is 0 Å². The van der Waals surface area contributed by atoms with Gasteiger partial charge >= 0.3 is 0 Å². The zero-order valence-electron chi connectivity index (χ0n) is 10.6. The van der Waals surface area contributed by atoms with Crippen molar-refractivity contribution < 1.29 is 0 Å². The second-order valence-electron chi connectivity index (χ2n) is 4.60. The summed E-state index contributed by atoms with van der Waals surface area (Å²) < 4.78 is 2.32. The predicted molar refractivity (Wildman–Crippen MR) is 76.4 cm³/mol. The van der Waals surface area contributed by atoms with Gasteiger partial charge in [-0.15, -0.1) is 0 Å². The fourth-order valence-electron chi connectivity index (χ4n) is 2.05. The third-order valence-corrected chi connectivity index (χ3v) is 3.64. The fourth-order valence-corrected chi connectivity index (χ4v) is 2.37. The van der Waals surface area contributed by atoms with E-state index >= 15 is 0 Å². The van der Waals surface area contributed by atoms with Gasteiger partial charge in [-0.3, -0.25) is 0 Å². The van der Waals surface area contributed by atoms with Crippen molar-refractivity contribution in [2.24, 2.45) is 0 Å². The maximum Gasteiger partial charge on any atom is 0.0347 e. The summed E-state index contributed by atoms with van der Waals surface area (Å²) >= 11 is 0. The lowest BCUT2D eigenvalue weighted by Crippen LogP contribution is -2.08. The first-order valence-electron chi connectivity index (χ1n) is 6.75. The van der Waals surface area contributed by atoms with Gasteiger partial charge in [-0.2, -0.15) is 0 Å². The van der Waals surface area contributed by atoms with Crippen LogP contribution >= 0.6 is 9.24 Å². The van der Waals surface area contributed by atoms with Crippen LogP contribution in [0.25, 0.3) is 0 Å². The predicted octanol–water partition coefficient (Wildman–Crippen LogP) is 4.13. The third-order valence-electron chi connectivity index (χ3n) is 3.12. The van der Waals surface area contributed by atoms with Crippen molar-refractivity contribution >= 4 is 14.7 Å². The zero-order valence-corrected chi connectivity index (χ0v) is 11.8. The Bertz CT molecular complexity index is 267. The highest BCUT2D eigenvalue weighted by Crippen LogP contribution is 2.09. The largest absolute Gasteiger partial charge is 0.348 e. The summed E-state index contributed by atoms with van der Waals surface area (Å²) in [6, 6.07) is 4.27. The van der Waals surface area contributed by atoms with Gasteiger partial charge in [0.05, 0.1) is 0 Å². The van der Waals surface area contributed by atoms with E-state index in [1.165, 1.54) is 63.3 Å². The molecule has 0 aliphatic carbocycles. The Kier molecular flexibility index (Phi) is 7.59. The molecular weight excluding hydrogens is 213 g/mol. The summed E-state index contributed by atoms with van der Waals surface area (Å²) in [5.41, 5.74) is 1.31. The van der Waals surface area contributed by atoms with Crippen LogP contribution in [0.5, 0.6) is 0 Å². The van der Waals surface area contributed by atoms with E-state index in [0.717, 1.165) is 0 Å². The third kappa shape index (κ3) is 5.70. The first kappa shape index (κ1) is 13.8. The lowest BCUT2D eigenvalue weighted by molar-refractivity contribution is 0.548. The van der Waals surface area contributed by atoms with Gasteiger partial charge in [0.2, 0.25) is 0 Å². The Hall–Kier alpha value is -0.290. The molecule has 0 aliphatic heterocycles. The van der Waals surface area contributed by atoms with Crippen molar-refractivity contribution in [2.75, 3.05) is 0 Å². The van der Waals surface area contributed by atoms with Crippen LogP contribution in [0.3, 0.4) is 0 Å². The van der Waals surface area contributed by atoms with Crippen LogP contribution in [0.15, 0.2) is 18.3 Å². The number of rotatable bonds is 9. The number of unbranched alkanes of at least 4 members (excludes halogenated alkanes) is 7. The van der Waals surface area contributed by atoms with Crippen molar-refractivity contribution in [3.63, 3.8) is 0 Å². The van der Waals surface area contributed by atoms with Crippen molar-refractivity contribution in [1.29, 1.82) is 0 Å². The van der Waals surface area contributed by atoms with Crippen molar-refractivity contribution in [2.45, 2.75) is 64.8 Å². The smallest absolute Gasteiger partial charge is 0.0347 e. The fraction of sp³-hybridized carbons (Fsp3) is 0.714. The van der Waals surface area contributed by atoms with E-state index < -0.39 is 0 Å². The van der Waals surface area contributed by atoms with Crippen LogP contribution in [-0.2, 0) is 6.54 Å². The number of hydrogen-bond donors (Lipinski definition) is 0. The van der Waals surface area contributed by atoms with Crippen molar-refractivity contribution in [3.05, 3.63) is 18.3 Å². The molecule has 1 atom stereocenters. The van der Waals surface area contributed by atoms with Gasteiger partial charge in [0.25, 0.3) is 0 Å². The van der Waals surface area contributed by atoms with E-state index in [1.807, 2.05) is 0 Å². The molecule has 1 heterocycles. The SMILES string of the molecule is CCCCCCCCCCn1cccc1P. The normalized spacial score (nSPS) is 10.9. The Morgan fingerprint density at radius 3 is 2.19 bits per heavy atom. The summed E-state index contributed by atoms with van der Waals surface area (Å²) in [7, 11) is 2.79. The summed E-state index contributed by atoms with van der Waals surface area (Å²) in [6.07, 6.45) is 13.4. The topological polar surface area (TPSA) is 4.93 Å². The van der Waals surface area contributed by atoms with E-state index in [-0.39, 0.29) is 0 Å². The van der Waals surface area contributed by atoms with Crippen LogP contribution in [0.1, 0.15) is 58.3 Å². The zero-order chi connectivity index (χ0) is 11.6. The van der Waals surface area contributed by atoms with E-state index in [1.54, 1.807) is 0 Å². The maximum atomic E-state index is 2.79. The maximum absolute atomic E-state index is 2.79. The average molecular weight is 239 g/mol. The molecule has 0 bridgehead atoms. The molecule has 0 saturated carbocycles. The minimum absolute atomic E-state index is 1.18. The van der Waals surface area contributed by atoms with E-state index in [4.69, 9.17) is 0 Å². The molecule has 0 fully saturated rings.